The van der Waals surface area contributed by atoms with E-state index in [2.05, 4.69) is 4.90 Å². The molecule has 1 saturated heterocycles. The second-order valence-corrected chi connectivity index (χ2v) is 6.60. The lowest BCUT2D eigenvalue weighted by Gasteiger charge is -2.31. The number of methoxy groups -OCH3 is 1. The largest absolute Gasteiger partial charge is 0.493 e. The van der Waals surface area contributed by atoms with Crippen LogP contribution in [0.2, 0.25) is 0 Å². The first-order chi connectivity index (χ1) is 12.1. The van der Waals surface area contributed by atoms with Crippen LogP contribution in [0.15, 0.2) is 18.2 Å². The molecule has 5 heteroatoms. The maximum Gasteiger partial charge on any atom is 0.310 e. The van der Waals surface area contributed by atoms with Gasteiger partial charge < -0.3 is 19.1 Å². The van der Waals surface area contributed by atoms with Crippen molar-refractivity contribution >= 4 is 5.97 Å². The van der Waals surface area contributed by atoms with E-state index < -0.39 is 0 Å². The molecular formula is C20H31NO4. The van der Waals surface area contributed by atoms with Crippen LogP contribution in [-0.4, -0.2) is 50.8 Å². The molecule has 1 aliphatic heterocycles. The van der Waals surface area contributed by atoms with Crippen molar-refractivity contribution in [1.29, 1.82) is 0 Å². The Labute approximate surface area is 151 Å². The van der Waals surface area contributed by atoms with Crippen molar-refractivity contribution in [3.63, 3.8) is 0 Å². The average Bonchev–Trinajstić information content (AvgIpc) is 2.63. The van der Waals surface area contributed by atoms with Gasteiger partial charge in [0.1, 0.15) is 0 Å². The predicted octanol–water partition coefficient (Wildman–Crippen LogP) is 3.44. The summed E-state index contributed by atoms with van der Waals surface area (Å²) in [7, 11) is 1.66. The summed E-state index contributed by atoms with van der Waals surface area (Å²) in [4.78, 5) is 14.3. The fraction of sp³-hybridized carbons (Fsp3) is 0.650. The molecule has 0 N–H and O–H groups in total. The van der Waals surface area contributed by atoms with Gasteiger partial charge in [0.2, 0.25) is 0 Å². The summed E-state index contributed by atoms with van der Waals surface area (Å²) in [6, 6.07) is 5.97. The number of rotatable bonds is 9. The van der Waals surface area contributed by atoms with Gasteiger partial charge in [-0.1, -0.05) is 6.07 Å². The number of unbranched alkanes of at least 4 members (excludes halogenated alkanes) is 1. The highest BCUT2D eigenvalue weighted by Crippen LogP contribution is 2.28. The van der Waals surface area contributed by atoms with E-state index in [1.807, 2.05) is 32.0 Å². The fourth-order valence-corrected chi connectivity index (χ4v) is 3.22. The Balaban J connectivity index is 1.67. The number of benzene rings is 1. The number of hydrogen-bond acceptors (Lipinski definition) is 5. The third kappa shape index (κ3) is 6.24. The minimum absolute atomic E-state index is 0.0398. The summed E-state index contributed by atoms with van der Waals surface area (Å²) in [6.07, 6.45) is 4.06. The van der Waals surface area contributed by atoms with Crippen molar-refractivity contribution in [2.75, 3.05) is 40.0 Å². The quantitative estimate of drug-likeness (QED) is 0.505. The first-order valence-electron chi connectivity index (χ1n) is 9.30. The third-order valence-corrected chi connectivity index (χ3v) is 4.57. The van der Waals surface area contributed by atoms with Gasteiger partial charge in [-0.15, -0.1) is 0 Å². The van der Waals surface area contributed by atoms with Crippen LogP contribution in [0, 0.1) is 12.8 Å². The van der Waals surface area contributed by atoms with Crippen molar-refractivity contribution < 1.29 is 19.0 Å². The predicted molar refractivity (Wildman–Crippen MR) is 98.3 cm³/mol. The Morgan fingerprint density at radius 3 is 2.88 bits per heavy atom. The van der Waals surface area contributed by atoms with Crippen LogP contribution in [0.5, 0.6) is 11.5 Å². The number of ether oxygens (including phenoxy) is 3. The van der Waals surface area contributed by atoms with Gasteiger partial charge in [0, 0.05) is 6.54 Å². The molecule has 1 heterocycles. The molecule has 0 saturated carbocycles. The van der Waals surface area contributed by atoms with Gasteiger partial charge in [-0.05, 0) is 70.3 Å². The maximum atomic E-state index is 11.9. The standard InChI is InChI=1S/C20H31NO4/c1-4-24-20(22)17-8-7-12-21(15-17)11-5-6-13-25-18-10-9-16(2)14-19(18)23-3/h9-10,14,17H,4-8,11-13,15H2,1-3H3/t17-/m1/s1. The molecule has 1 atom stereocenters. The molecule has 1 aromatic carbocycles. The summed E-state index contributed by atoms with van der Waals surface area (Å²) >= 11 is 0. The molecule has 0 bridgehead atoms. The number of carbonyl (C=O) groups is 1. The maximum absolute atomic E-state index is 11.9. The van der Waals surface area contributed by atoms with Crippen molar-refractivity contribution in [3.8, 4) is 11.5 Å². The van der Waals surface area contributed by atoms with Gasteiger partial charge in [0.15, 0.2) is 11.5 Å². The number of aryl methyl sites for hydroxylation is 1. The Morgan fingerprint density at radius 2 is 2.12 bits per heavy atom. The lowest BCUT2D eigenvalue weighted by molar-refractivity contribution is -0.149. The molecular weight excluding hydrogens is 318 g/mol. The van der Waals surface area contributed by atoms with Crippen molar-refractivity contribution in [3.05, 3.63) is 23.8 Å². The fourth-order valence-electron chi connectivity index (χ4n) is 3.22. The van der Waals surface area contributed by atoms with Gasteiger partial charge in [-0.3, -0.25) is 4.79 Å². The summed E-state index contributed by atoms with van der Waals surface area (Å²) < 4.78 is 16.4. The van der Waals surface area contributed by atoms with E-state index in [0.717, 1.165) is 62.4 Å². The summed E-state index contributed by atoms with van der Waals surface area (Å²) in [5.74, 6) is 1.59. The van der Waals surface area contributed by atoms with Gasteiger partial charge in [0.25, 0.3) is 0 Å². The lowest BCUT2D eigenvalue weighted by Crippen LogP contribution is -2.39. The summed E-state index contributed by atoms with van der Waals surface area (Å²) in [6.45, 7) is 7.94. The molecule has 5 nitrogen and oxygen atoms in total. The van der Waals surface area contributed by atoms with Crippen molar-refractivity contribution in [2.24, 2.45) is 5.92 Å². The van der Waals surface area contributed by atoms with Gasteiger partial charge in [-0.2, -0.15) is 0 Å². The molecule has 25 heavy (non-hydrogen) atoms. The van der Waals surface area contributed by atoms with Crippen LogP contribution >= 0.6 is 0 Å². The monoisotopic (exact) mass is 349 g/mol. The topological polar surface area (TPSA) is 48.0 Å². The second-order valence-electron chi connectivity index (χ2n) is 6.60. The van der Waals surface area contributed by atoms with E-state index >= 15 is 0 Å². The smallest absolute Gasteiger partial charge is 0.310 e. The molecule has 1 fully saturated rings. The zero-order chi connectivity index (χ0) is 18.1. The molecule has 0 aliphatic carbocycles. The highest BCUT2D eigenvalue weighted by atomic mass is 16.5. The first-order valence-corrected chi connectivity index (χ1v) is 9.30. The van der Waals surface area contributed by atoms with Crippen molar-refractivity contribution in [2.45, 2.75) is 39.5 Å². The number of nitrogens with zero attached hydrogens (tertiary/aromatic N) is 1. The second kappa shape index (κ2) is 10.3. The van der Waals surface area contributed by atoms with E-state index in [9.17, 15) is 4.79 Å². The molecule has 0 spiro atoms. The normalized spacial score (nSPS) is 18.0. The Morgan fingerprint density at radius 1 is 1.28 bits per heavy atom. The van der Waals surface area contributed by atoms with Crippen LogP contribution in [0.25, 0.3) is 0 Å². The lowest BCUT2D eigenvalue weighted by atomic mass is 9.98. The Kier molecular flexibility index (Phi) is 8.06. The van der Waals surface area contributed by atoms with E-state index in [-0.39, 0.29) is 11.9 Å². The number of piperidine rings is 1. The van der Waals surface area contributed by atoms with Gasteiger partial charge in [-0.25, -0.2) is 0 Å². The number of esters is 1. The zero-order valence-corrected chi connectivity index (χ0v) is 15.8. The third-order valence-electron chi connectivity index (χ3n) is 4.57. The SMILES string of the molecule is CCOC(=O)[C@@H]1CCCN(CCCCOc2ccc(C)cc2OC)C1. The molecule has 1 aliphatic rings. The highest BCUT2D eigenvalue weighted by Gasteiger charge is 2.26. The molecule has 0 unspecified atom stereocenters. The van der Waals surface area contributed by atoms with Crippen LogP contribution in [-0.2, 0) is 9.53 Å². The van der Waals surface area contributed by atoms with E-state index in [1.54, 1.807) is 7.11 Å². The van der Waals surface area contributed by atoms with Crippen LogP contribution < -0.4 is 9.47 Å². The molecule has 1 aromatic rings. The Hall–Kier alpha value is -1.75. The number of hydrogen-bond donors (Lipinski definition) is 0. The molecule has 2 rings (SSSR count). The molecule has 0 aromatic heterocycles. The summed E-state index contributed by atoms with van der Waals surface area (Å²) in [5.41, 5.74) is 1.16. The van der Waals surface area contributed by atoms with Crippen LogP contribution in [0.3, 0.4) is 0 Å². The van der Waals surface area contributed by atoms with Crippen molar-refractivity contribution in [1.82, 2.24) is 4.90 Å². The number of carbonyl (C=O) groups excluding carboxylic acids is 1. The van der Waals surface area contributed by atoms with E-state index in [0.29, 0.717) is 13.2 Å². The molecule has 140 valence electrons. The Bertz CT molecular complexity index is 546. The zero-order valence-electron chi connectivity index (χ0n) is 15.8. The minimum Gasteiger partial charge on any atom is -0.493 e. The average molecular weight is 349 g/mol. The summed E-state index contributed by atoms with van der Waals surface area (Å²) in [5, 5.41) is 0. The first kappa shape index (κ1) is 19.6. The molecule has 0 radical (unpaired) electrons. The van der Waals surface area contributed by atoms with Gasteiger partial charge in [0.05, 0.1) is 26.2 Å². The van der Waals surface area contributed by atoms with E-state index in [1.165, 1.54) is 0 Å². The van der Waals surface area contributed by atoms with Crippen LogP contribution in [0.4, 0.5) is 0 Å². The minimum atomic E-state index is -0.0398. The highest BCUT2D eigenvalue weighted by molar-refractivity contribution is 5.72. The van der Waals surface area contributed by atoms with Crippen LogP contribution in [0.1, 0.15) is 38.2 Å². The molecule has 0 amide bonds. The number of likely N-dealkylation sites (tertiary alicyclic amines) is 1. The van der Waals surface area contributed by atoms with E-state index in [4.69, 9.17) is 14.2 Å². The van der Waals surface area contributed by atoms with Gasteiger partial charge >= 0.3 is 5.97 Å².